The van der Waals surface area contributed by atoms with Crippen molar-refractivity contribution in [2.75, 3.05) is 27.9 Å². The molecule has 144 valence electrons. The number of rotatable bonds is 8. The number of halogens is 1. The number of aliphatic imine (C=N–C) groups is 1. The van der Waals surface area contributed by atoms with Gasteiger partial charge in [-0.3, -0.25) is 4.99 Å². The molecular formula is C18H32IN3O3. The Morgan fingerprint density at radius 2 is 1.68 bits per heavy atom. The first-order chi connectivity index (χ1) is 11.5. The van der Waals surface area contributed by atoms with E-state index in [1.807, 2.05) is 19.1 Å². The number of guanidine groups is 1. The summed E-state index contributed by atoms with van der Waals surface area (Å²) in [5.74, 6) is 3.23. The zero-order valence-corrected chi connectivity index (χ0v) is 18.6. The fourth-order valence-corrected chi connectivity index (χ4v) is 2.09. The van der Waals surface area contributed by atoms with Gasteiger partial charge in [0.25, 0.3) is 0 Å². The van der Waals surface area contributed by atoms with Gasteiger partial charge in [0.1, 0.15) is 0 Å². The van der Waals surface area contributed by atoms with Crippen LogP contribution in [0.25, 0.3) is 0 Å². The maximum absolute atomic E-state index is 5.62. The molecule has 0 radical (unpaired) electrons. The maximum atomic E-state index is 5.62. The smallest absolute Gasteiger partial charge is 0.203 e. The van der Waals surface area contributed by atoms with Crippen LogP contribution in [-0.4, -0.2) is 39.9 Å². The van der Waals surface area contributed by atoms with E-state index in [-0.39, 0.29) is 24.0 Å². The van der Waals surface area contributed by atoms with E-state index in [0.717, 1.165) is 11.5 Å². The van der Waals surface area contributed by atoms with Gasteiger partial charge >= 0.3 is 0 Å². The zero-order chi connectivity index (χ0) is 18.1. The Hall–Kier alpha value is -1.38. The van der Waals surface area contributed by atoms with Crippen molar-refractivity contribution in [3.05, 3.63) is 17.7 Å². The van der Waals surface area contributed by atoms with Gasteiger partial charge in [0.15, 0.2) is 17.5 Å². The summed E-state index contributed by atoms with van der Waals surface area (Å²) in [5, 5.41) is 6.69. The van der Waals surface area contributed by atoms with E-state index in [2.05, 4.69) is 36.4 Å². The molecule has 0 bridgehead atoms. The first kappa shape index (κ1) is 23.6. The molecule has 1 unspecified atom stereocenters. The summed E-state index contributed by atoms with van der Waals surface area (Å²) in [5.41, 5.74) is 1.02. The van der Waals surface area contributed by atoms with Crippen LogP contribution < -0.4 is 24.8 Å². The standard InChI is InChI=1S/C18H31N3O3.HI/c1-8-24-17-15(22-6)9-14(10-16(17)23-7)11-20-18(19-5)21-13(4)12(2)3;/h9-10,12-13H,8,11H2,1-7H3,(H2,19,20,21);1H. The van der Waals surface area contributed by atoms with E-state index in [9.17, 15) is 0 Å². The predicted molar refractivity (Wildman–Crippen MR) is 114 cm³/mol. The molecular weight excluding hydrogens is 433 g/mol. The lowest BCUT2D eigenvalue weighted by molar-refractivity contribution is 0.288. The number of nitrogens with one attached hydrogen (secondary N) is 2. The fraction of sp³-hybridized carbons (Fsp3) is 0.611. The molecule has 0 fully saturated rings. The predicted octanol–water partition coefficient (Wildman–Crippen LogP) is 3.43. The van der Waals surface area contributed by atoms with Crippen LogP contribution in [0, 0.1) is 5.92 Å². The van der Waals surface area contributed by atoms with Crippen LogP contribution >= 0.6 is 24.0 Å². The SMILES string of the molecule is CCOc1c(OC)cc(CNC(=NC)NC(C)C(C)C)cc1OC.I. The molecule has 0 saturated carbocycles. The fourth-order valence-electron chi connectivity index (χ4n) is 2.09. The van der Waals surface area contributed by atoms with Crippen molar-refractivity contribution in [3.63, 3.8) is 0 Å². The molecule has 0 aliphatic rings. The molecule has 6 nitrogen and oxygen atoms in total. The molecule has 1 rings (SSSR count). The lowest BCUT2D eigenvalue weighted by atomic mass is 10.1. The largest absolute Gasteiger partial charge is 0.493 e. The van der Waals surface area contributed by atoms with Crippen LogP contribution in [0.5, 0.6) is 17.2 Å². The van der Waals surface area contributed by atoms with Gasteiger partial charge in [-0.15, -0.1) is 24.0 Å². The van der Waals surface area contributed by atoms with Crippen molar-refractivity contribution in [1.82, 2.24) is 10.6 Å². The van der Waals surface area contributed by atoms with E-state index in [0.29, 0.717) is 42.4 Å². The van der Waals surface area contributed by atoms with E-state index >= 15 is 0 Å². The van der Waals surface area contributed by atoms with Crippen LogP contribution in [-0.2, 0) is 6.54 Å². The lowest BCUT2D eigenvalue weighted by Crippen LogP contribution is -2.43. The van der Waals surface area contributed by atoms with Crippen molar-refractivity contribution in [1.29, 1.82) is 0 Å². The van der Waals surface area contributed by atoms with Crippen molar-refractivity contribution in [3.8, 4) is 17.2 Å². The molecule has 0 heterocycles. The monoisotopic (exact) mass is 465 g/mol. The molecule has 7 heteroatoms. The van der Waals surface area contributed by atoms with Gasteiger partial charge in [-0.05, 0) is 37.5 Å². The molecule has 0 aromatic heterocycles. The number of nitrogens with zero attached hydrogens (tertiary/aromatic N) is 1. The Morgan fingerprint density at radius 1 is 1.12 bits per heavy atom. The number of methoxy groups -OCH3 is 2. The van der Waals surface area contributed by atoms with Gasteiger partial charge in [0.05, 0.1) is 20.8 Å². The molecule has 0 spiro atoms. The molecule has 1 atom stereocenters. The second-order valence-corrected chi connectivity index (χ2v) is 5.87. The molecule has 0 amide bonds. The van der Waals surface area contributed by atoms with Gasteiger partial charge in [0, 0.05) is 19.6 Å². The van der Waals surface area contributed by atoms with Crippen molar-refractivity contribution in [2.24, 2.45) is 10.9 Å². The first-order valence-electron chi connectivity index (χ1n) is 8.31. The number of hydrogen-bond acceptors (Lipinski definition) is 4. The average molecular weight is 465 g/mol. The Bertz CT molecular complexity index is 525. The first-order valence-corrected chi connectivity index (χ1v) is 8.31. The third-order valence-corrected chi connectivity index (χ3v) is 3.86. The maximum Gasteiger partial charge on any atom is 0.203 e. The van der Waals surface area contributed by atoms with E-state index in [1.165, 1.54) is 0 Å². The zero-order valence-electron chi connectivity index (χ0n) is 16.3. The Kier molecular flexibility index (Phi) is 11.4. The topological polar surface area (TPSA) is 64.1 Å². The molecule has 2 N–H and O–H groups in total. The van der Waals surface area contributed by atoms with E-state index in [4.69, 9.17) is 14.2 Å². The Labute approximate surface area is 168 Å². The van der Waals surface area contributed by atoms with Crippen molar-refractivity contribution < 1.29 is 14.2 Å². The minimum absolute atomic E-state index is 0. The average Bonchev–Trinajstić information content (AvgIpc) is 2.58. The molecule has 1 aromatic rings. The third-order valence-electron chi connectivity index (χ3n) is 3.86. The summed E-state index contributed by atoms with van der Waals surface area (Å²) in [6, 6.07) is 4.22. The second kappa shape index (κ2) is 12.1. The van der Waals surface area contributed by atoms with Crippen LogP contribution in [0.2, 0.25) is 0 Å². The molecule has 0 saturated heterocycles. The van der Waals surface area contributed by atoms with Crippen molar-refractivity contribution >= 4 is 29.9 Å². The van der Waals surface area contributed by atoms with Crippen LogP contribution in [0.15, 0.2) is 17.1 Å². The minimum atomic E-state index is 0. The normalized spacial score (nSPS) is 12.2. The molecule has 25 heavy (non-hydrogen) atoms. The summed E-state index contributed by atoms with van der Waals surface area (Å²) in [6.07, 6.45) is 0. The number of hydrogen-bond donors (Lipinski definition) is 2. The summed E-state index contributed by atoms with van der Waals surface area (Å²) in [6.45, 7) is 9.57. The van der Waals surface area contributed by atoms with E-state index in [1.54, 1.807) is 21.3 Å². The van der Waals surface area contributed by atoms with Gasteiger partial charge in [0.2, 0.25) is 5.75 Å². The molecule has 1 aromatic carbocycles. The number of ether oxygens (including phenoxy) is 3. The highest BCUT2D eigenvalue weighted by atomic mass is 127. The van der Waals surface area contributed by atoms with Gasteiger partial charge in [-0.1, -0.05) is 13.8 Å². The quantitative estimate of drug-likeness (QED) is 0.350. The second-order valence-electron chi connectivity index (χ2n) is 5.87. The Morgan fingerprint density at radius 3 is 2.08 bits per heavy atom. The third kappa shape index (κ3) is 7.17. The molecule has 0 aliphatic carbocycles. The number of benzene rings is 1. The molecule has 0 aliphatic heterocycles. The van der Waals surface area contributed by atoms with Gasteiger partial charge in [-0.25, -0.2) is 0 Å². The summed E-state index contributed by atoms with van der Waals surface area (Å²) in [4.78, 5) is 4.26. The highest BCUT2D eigenvalue weighted by Crippen LogP contribution is 2.38. The summed E-state index contributed by atoms with van der Waals surface area (Å²) in [7, 11) is 5.01. The minimum Gasteiger partial charge on any atom is -0.493 e. The Balaban J connectivity index is 0.00000576. The highest BCUT2D eigenvalue weighted by molar-refractivity contribution is 14.0. The van der Waals surface area contributed by atoms with Gasteiger partial charge in [-0.2, -0.15) is 0 Å². The van der Waals surface area contributed by atoms with Crippen LogP contribution in [0.1, 0.15) is 33.3 Å². The van der Waals surface area contributed by atoms with Crippen LogP contribution in [0.4, 0.5) is 0 Å². The van der Waals surface area contributed by atoms with Crippen molar-refractivity contribution in [2.45, 2.75) is 40.3 Å². The van der Waals surface area contributed by atoms with Crippen LogP contribution in [0.3, 0.4) is 0 Å². The summed E-state index contributed by atoms with van der Waals surface area (Å²) < 4.78 is 16.5. The van der Waals surface area contributed by atoms with Gasteiger partial charge < -0.3 is 24.8 Å². The lowest BCUT2D eigenvalue weighted by Gasteiger charge is -2.21. The highest BCUT2D eigenvalue weighted by Gasteiger charge is 2.14. The van der Waals surface area contributed by atoms with E-state index < -0.39 is 0 Å². The summed E-state index contributed by atoms with van der Waals surface area (Å²) >= 11 is 0.